The minimum atomic E-state index is -0.310. The minimum Gasteiger partial charge on any atom is -0.334 e. The second-order valence-electron chi connectivity index (χ2n) is 6.42. The van der Waals surface area contributed by atoms with Gasteiger partial charge in [0.25, 0.3) is 11.8 Å². The molecule has 0 fully saturated rings. The molecule has 1 aromatic heterocycles. The van der Waals surface area contributed by atoms with Crippen LogP contribution in [-0.2, 0) is 0 Å². The van der Waals surface area contributed by atoms with Crippen LogP contribution in [0.3, 0.4) is 0 Å². The number of ketones is 1. The lowest BCUT2D eigenvalue weighted by atomic mass is 10.1. The molecule has 0 aliphatic heterocycles. The number of benzene rings is 3. The third kappa shape index (κ3) is 3.96. The summed E-state index contributed by atoms with van der Waals surface area (Å²) in [5.74, 6) is 0.381. The highest BCUT2D eigenvalue weighted by molar-refractivity contribution is 6.08. The number of amides is 1. The summed E-state index contributed by atoms with van der Waals surface area (Å²) in [6.07, 6.45) is 0. The Kier molecular flexibility index (Phi) is 4.99. The Morgan fingerprint density at radius 1 is 0.862 bits per heavy atom. The van der Waals surface area contributed by atoms with Gasteiger partial charge >= 0.3 is 0 Å². The zero-order valence-corrected chi connectivity index (χ0v) is 15.6. The number of carbonyl (C=O) groups excluding carboxylic acids is 2. The van der Waals surface area contributed by atoms with Crippen LogP contribution < -0.4 is 5.32 Å². The molecule has 0 aliphatic rings. The zero-order chi connectivity index (χ0) is 20.2. The molecule has 0 spiro atoms. The number of hydrogen-bond acceptors (Lipinski definition) is 5. The number of rotatable bonds is 5. The van der Waals surface area contributed by atoms with E-state index in [2.05, 4.69) is 15.5 Å². The number of nitrogens with one attached hydrogen (secondary N) is 1. The van der Waals surface area contributed by atoms with E-state index in [-0.39, 0.29) is 17.6 Å². The third-order valence-electron chi connectivity index (χ3n) is 4.41. The number of anilines is 1. The molecule has 4 rings (SSSR count). The van der Waals surface area contributed by atoms with Gasteiger partial charge in [-0.15, -0.1) is 0 Å². The fourth-order valence-electron chi connectivity index (χ4n) is 2.89. The van der Waals surface area contributed by atoms with Gasteiger partial charge in [0, 0.05) is 16.8 Å². The molecule has 4 aromatic rings. The maximum Gasteiger partial charge on any atom is 0.259 e. The highest BCUT2D eigenvalue weighted by Crippen LogP contribution is 2.26. The summed E-state index contributed by atoms with van der Waals surface area (Å²) >= 11 is 0. The molecule has 29 heavy (non-hydrogen) atoms. The molecule has 0 saturated carbocycles. The van der Waals surface area contributed by atoms with E-state index in [1.807, 2.05) is 30.3 Å². The zero-order valence-electron chi connectivity index (χ0n) is 15.6. The fraction of sp³-hybridized carbons (Fsp3) is 0.0435. The van der Waals surface area contributed by atoms with Gasteiger partial charge in [0.2, 0.25) is 5.82 Å². The summed E-state index contributed by atoms with van der Waals surface area (Å²) in [4.78, 5) is 28.7. The molecule has 6 nitrogen and oxygen atoms in total. The molecule has 0 atom stereocenters. The van der Waals surface area contributed by atoms with Crippen LogP contribution in [0.4, 0.5) is 5.69 Å². The summed E-state index contributed by atoms with van der Waals surface area (Å²) in [6.45, 7) is 1.50. The number of nitrogens with zero attached hydrogens (tertiary/aromatic N) is 2. The van der Waals surface area contributed by atoms with Crippen molar-refractivity contribution in [2.45, 2.75) is 6.92 Å². The van der Waals surface area contributed by atoms with Crippen LogP contribution in [0.25, 0.3) is 22.8 Å². The van der Waals surface area contributed by atoms with Crippen LogP contribution in [0.2, 0.25) is 0 Å². The van der Waals surface area contributed by atoms with Crippen molar-refractivity contribution in [1.29, 1.82) is 0 Å². The van der Waals surface area contributed by atoms with Crippen LogP contribution >= 0.6 is 0 Å². The van der Waals surface area contributed by atoms with Crippen molar-refractivity contribution in [3.63, 3.8) is 0 Å². The molecule has 0 aliphatic carbocycles. The van der Waals surface area contributed by atoms with Crippen molar-refractivity contribution in [2.24, 2.45) is 0 Å². The average molecular weight is 383 g/mol. The molecule has 3 aromatic carbocycles. The van der Waals surface area contributed by atoms with Gasteiger partial charge in [-0.3, -0.25) is 9.59 Å². The maximum absolute atomic E-state index is 12.8. The fourth-order valence-corrected chi connectivity index (χ4v) is 2.89. The van der Waals surface area contributed by atoms with Gasteiger partial charge in [-0.25, -0.2) is 0 Å². The summed E-state index contributed by atoms with van der Waals surface area (Å²) in [7, 11) is 0. The van der Waals surface area contributed by atoms with Crippen LogP contribution in [0.15, 0.2) is 83.4 Å². The minimum absolute atomic E-state index is 0.0289. The molecule has 0 unspecified atom stereocenters. The van der Waals surface area contributed by atoms with Gasteiger partial charge in [-0.2, -0.15) is 4.98 Å². The van der Waals surface area contributed by atoms with Crippen LogP contribution in [0.5, 0.6) is 0 Å². The van der Waals surface area contributed by atoms with Crippen LogP contribution in [0.1, 0.15) is 27.6 Å². The highest BCUT2D eigenvalue weighted by atomic mass is 16.5. The summed E-state index contributed by atoms with van der Waals surface area (Å²) < 4.78 is 5.41. The summed E-state index contributed by atoms with van der Waals surface area (Å²) in [6, 6.07) is 23.2. The van der Waals surface area contributed by atoms with Crippen molar-refractivity contribution in [1.82, 2.24) is 10.1 Å². The SMILES string of the molecule is CC(=O)c1ccc(NC(=O)c2ccccc2-c2nc(-c3ccccc3)no2)cc1. The van der Waals surface area contributed by atoms with Gasteiger partial charge in [0.05, 0.1) is 11.1 Å². The molecule has 1 heterocycles. The van der Waals surface area contributed by atoms with E-state index < -0.39 is 0 Å². The number of Topliss-reactive ketones (excluding diaryl/α,β-unsaturated/α-hetero) is 1. The molecule has 6 heteroatoms. The van der Waals surface area contributed by atoms with Crippen molar-refractivity contribution in [3.8, 4) is 22.8 Å². The summed E-state index contributed by atoms with van der Waals surface area (Å²) in [5.41, 5.74) is 2.95. The van der Waals surface area contributed by atoms with E-state index in [9.17, 15) is 9.59 Å². The number of aromatic nitrogens is 2. The largest absolute Gasteiger partial charge is 0.334 e. The van der Waals surface area contributed by atoms with Gasteiger partial charge in [-0.1, -0.05) is 47.6 Å². The molecule has 0 radical (unpaired) electrons. The standard InChI is InChI=1S/C23H17N3O3/c1-15(27)16-11-13-18(14-12-16)24-22(28)19-9-5-6-10-20(19)23-25-21(26-29-23)17-7-3-2-4-8-17/h2-14H,1H3,(H,24,28). The first-order valence-electron chi connectivity index (χ1n) is 9.03. The average Bonchev–Trinajstić information content (AvgIpc) is 3.25. The van der Waals surface area contributed by atoms with E-state index >= 15 is 0 Å². The first-order valence-corrected chi connectivity index (χ1v) is 9.03. The molecular weight excluding hydrogens is 366 g/mol. The van der Waals surface area contributed by atoms with E-state index in [0.29, 0.717) is 28.2 Å². The molecule has 142 valence electrons. The van der Waals surface area contributed by atoms with Crippen molar-refractivity contribution < 1.29 is 14.1 Å². The Balaban J connectivity index is 1.61. The number of carbonyl (C=O) groups is 2. The Morgan fingerprint density at radius 3 is 2.28 bits per heavy atom. The molecule has 0 saturated heterocycles. The molecule has 1 N–H and O–H groups in total. The lowest BCUT2D eigenvalue weighted by molar-refractivity contribution is 0.101. The molecule has 1 amide bonds. The second-order valence-corrected chi connectivity index (χ2v) is 6.42. The Labute approximate surface area is 167 Å². The van der Waals surface area contributed by atoms with Gasteiger partial charge in [0.15, 0.2) is 5.78 Å². The maximum atomic E-state index is 12.8. The third-order valence-corrected chi connectivity index (χ3v) is 4.41. The lowest BCUT2D eigenvalue weighted by Gasteiger charge is -2.08. The van der Waals surface area contributed by atoms with Gasteiger partial charge in [0.1, 0.15) is 0 Å². The lowest BCUT2D eigenvalue weighted by Crippen LogP contribution is -2.13. The van der Waals surface area contributed by atoms with E-state index in [0.717, 1.165) is 5.56 Å². The molecule has 0 bridgehead atoms. The Bertz CT molecular complexity index is 1170. The predicted octanol–water partition coefficient (Wildman–Crippen LogP) is 4.86. The second kappa shape index (κ2) is 7.90. The first kappa shape index (κ1) is 18.3. The van der Waals surface area contributed by atoms with E-state index in [1.54, 1.807) is 48.5 Å². The van der Waals surface area contributed by atoms with Crippen LogP contribution in [-0.4, -0.2) is 21.8 Å². The number of hydrogen-bond donors (Lipinski definition) is 1. The van der Waals surface area contributed by atoms with Gasteiger partial charge in [-0.05, 0) is 43.3 Å². The monoisotopic (exact) mass is 383 g/mol. The van der Waals surface area contributed by atoms with Crippen molar-refractivity contribution >= 4 is 17.4 Å². The topological polar surface area (TPSA) is 85.1 Å². The Hall–Kier alpha value is -4.06. The predicted molar refractivity (Wildman–Crippen MR) is 110 cm³/mol. The van der Waals surface area contributed by atoms with E-state index in [1.165, 1.54) is 6.92 Å². The normalized spacial score (nSPS) is 10.5. The molecular formula is C23H17N3O3. The highest BCUT2D eigenvalue weighted by Gasteiger charge is 2.18. The van der Waals surface area contributed by atoms with Crippen molar-refractivity contribution in [2.75, 3.05) is 5.32 Å². The quantitative estimate of drug-likeness (QED) is 0.498. The smallest absolute Gasteiger partial charge is 0.259 e. The first-order chi connectivity index (χ1) is 14.1. The summed E-state index contributed by atoms with van der Waals surface area (Å²) in [5, 5.41) is 6.86. The van der Waals surface area contributed by atoms with Crippen LogP contribution in [0, 0.1) is 0 Å². The van der Waals surface area contributed by atoms with E-state index in [4.69, 9.17) is 4.52 Å². The Morgan fingerprint density at radius 2 is 1.55 bits per heavy atom. The van der Waals surface area contributed by atoms with Crippen molar-refractivity contribution in [3.05, 3.63) is 90.0 Å². The van der Waals surface area contributed by atoms with Gasteiger partial charge < -0.3 is 9.84 Å².